The molecule has 0 atom stereocenters. The van der Waals surface area contributed by atoms with E-state index in [-0.39, 0.29) is 17.4 Å². The molecule has 1 N–H and O–H groups in total. The van der Waals surface area contributed by atoms with Gasteiger partial charge in [0.15, 0.2) is 17.1 Å². The zero-order valence-corrected chi connectivity index (χ0v) is 19.4. The van der Waals surface area contributed by atoms with Gasteiger partial charge in [-0.25, -0.2) is 9.67 Å². The van der Waals surface area contributed by atoms with Crippen molar-refractivity contribution in [2.75, 3.05) is 20.8 Å². The summed E-state index contributed by atoms with van der Waals surface area (Å²) in [4.78, 5) is 17.1. The Bertz CT molecular complexity index is 1150. The van der Waals surface area contributed by atoms with Gasteiger partial charge in [0.1, 0.15) is 0 Å². The lowest BCUT2D eigenvalue weighted by Crippen LogP contribution is -2.26. The predicted octanol–water partition coefficient (Wildman–Crippen LogP) is 3.50. The molecule has 33 heavy (non-hydrogen) atoms. The van der Waals surface area contributed by atoms with Gasteiger partial charge >= 0.3 is 6.61 Å². The van der Waals surface area contributed by atoms with E-state index in [0.717, 1.165) is 33.4 Å². The van der Waals surface area contributed by atoms with Crippen LogP contribution in [0.4, 0.5) is 8.78 Å². The average Bonchev–Trinajstić information content (AvgIpc) is 3.09. The quantitative estimate of drug-likeness (QED) is 0.496. The number of nitrogens with one attached hydrogen (secondary N) is 1. The first-order valence-electron chi connectivity index (χ1n) is 10.5. The third-order valence-corrected chi connectivity index (χ3v) is 5.50. The van der Waals surface area contributed by atoms with Crippen LogP contribution >= 0.6 is 0 Å². The largest absolute Gasteiger partial charge is 0.493 e. The maximum Gasteiger partial charge on any atom is 0.387 e. The average molecular weight is 462 g/mol. The van der Waals surface area contributed by atoms with Crippen LogP contribution in [0.2, 0.25) is 0 Å². The van der Waals surface area contributed by atoms with Gasteiger partial charge in [0.05, 0.1) is 19.6 Å². The molecule has 0 aliphatic carbocycles. The Balaban J connectivity index is 1.60. The van der Waals surface area contributed by atoms with E-state index in [4.69, 9.17) is 9.47 Å². The highest BCUT2D eigenvalue weighted by Gasteiger charge is 2.18. The number of rotatable bonds is 10. The van der Waals surface area contributed by atoms with Gasteiger partial charge in [-0.2, -0.15) is 8.78 Å². The van der Waals surface area contributed by atoms with Crippen LogP contribution in [-0.2, 0) is 24.7 Å². The zero-order chi connectivity index (χ0) is 24.1. The molecule has 0 radical (unpaired) electrons. The van der Waals surface area contributed by atoms with Crippen LogP contribution in [0.3, 0.4) is 0 Å². The summed E-state index contributed by atoms with van der Waals surface area (Å²) in [6.45, 7) is 1.32. The lowest BCUT2D eigenvalue weighted by atomic mass is 10.00. The molecule has 2 heterocycles. The van der Waals surface area contributed by atoms with Gasteiger partial charge in [-0.05, 0) is 55.5 Å². The number of aromatic nitrogens is 3. The highest BCUT2D eigenvalue weighted by atomic mass is 19.3. The molecule has 178 valence electrons. The molecule has 0 saturated heterocycles. The predicted molar refractivity (Wildman–Crippen MR) is 119 cm³/mol. The highest BCUT2D eigenvalue weighted by Crippen LogP contribution is 2.31. The van der Waals surface area contributed by atoms with Gasteiger partial charge in [-0.15, -0.1) is 5.10 Å². The van der Waals surface area contributed by atoms with Crippen molar-refractivity contribution in [1.29, 1.82) is 0 Å². The van der Waals surface area contributed by atoms with Crippen LogP contribution in [0, 0.1) is 13.8 Å². The van der Waals surface area contributed by atoms with E-state index in [1.165, 1.54) is 13.2 Å². The topological polar surface area (TPSA) is 87.5 Å². The minimum absolute atomic E-state index is 0.0315. The number of carbonyl (C=O) groups excluding carboxylic acids is 1. The molecule has 10 heteroatoms. The minimum Gasteiger partial charge on any atom is -0.493 e. The second-order valence-corrected chi connectivity index (χ2v) is 7.60. The second-order valence-electron chi connectivity index (χ2n) is 7.60. The van der Waals surface area contributed by atoms with Gasteiger partial charge in [0.2, 0.25) is 11.8 Å². The van der Waals surface area contributed by atoms with Crippen LogP contribution in [0.15, 0.2) is 18.2 Å². The minimum atomic E-state index is -2.94. The lowest BCUT2D eigenvalue weighted by Gasteiger charge is -2.12. The number of fused-ring (bicyclic) bond motifs is 1. The maximum absolute atomic E-state index is 12.6. The van der Waals surface area contributed by atoms with Crippen LogP contribution < -0.4 is 19.5 Å². The monoisotopic (exact) mass is 462 g/mol. The number of benzene rings is 1. The number of aryl methyl sites for hydroxylation is 3. The Kier molecular flexibility index (Phi) is 7.67. The van der Waals surface area contributed by atoms with Crippen molar-refractivity contribution < 1.29 is 27.8 Å². The third kappa shape index (κ3) is 5.50. The molecular formula is C23H28F2N4O4. The Morgan fingerprint density at radius 3 is 2.58 bits per heavy atom. The van der Waals surface area contributed by atoms with Gasteiger partial charge in [-0.3, -0.25) is 4.79 Å². The van der Waals surface area contributed by atoms with Crippen molar-refractivity contribution in [3.05, 3.63) is 40.6 Å². The Morgan fingerprint density at radius 2 is 1.91 bits per heavy atom. The maximum atomic E-state index is 12.6. The van der Waals surface area contributed by atoms with Crippen molar-refractivity contribution in [3.8, 4) is 17.4 Å². The zero-order valence-electron chi connectivity index (χ0n) is 19.4. The van der Waals surface area contributed by atoms with Gasteiger partial charge in [0, 0.05) is 25.7 Å². The number of alkyl halides is 2. The number of ether oxygens (including phenoxy) is 3. The summed E-state index contributed by atoms with van der Waals surface area (Å²) in [5.74, 6) is 0.600. The standard InChI is InChI=1S/C23H28F2N4O4/c1-13-16(14(2)27-21-20(13)22(32-5)28-29(21)3)7-9-19(30)26-11-10-15-6-8-17(31-4)18(12-15)33-23(24)25/h6,8,12,23H,7,9-11H2,1-5H3,(H,26,30). The second kappa shape index (κ2) is 10.5. The molecule has 0 saturated carbocycles. The molecule has 1 aromatic carbocycles. The summed E-state index contributed by atoms with van der Waals surface area (Å²) in [7, 11) is 4.77. The molecule has 2 aromatic heterocycles. The van der Waals surface area contributed by atoms with Crippen molar-refractivity contribution in [2.24, 2.45) is 7.05 Å². The molecule has 0 bridgehead atoms. The van der Waals surface area contributed by atoms with Crippen LogP contribution in [0.1, 0.15) is 28.8 Å². The molecule has 3 rings (SSSR count). The van der Waals surface area contributed by atoms with Crippen molar-refractivity contribution >= 4 is 16.9 Å². The smallest absolute Gasteiger partial charge is 0.387 e. The van der Waals surface area contributed by atoms with Gasteiger partial charge in [0.25, 0.3) is 0 Å². The number of hydrogen-bond acceptors (Lipinski definition) is 6. The van der Waals surface area contributed by atoms with E-state index < -0.39 is 6.61 Å². The molecule has 3 aromatic rings. The van der Waals surface area contributed by atoms with Gasteiger partial charge in [-0.1, -0.05) is 6.07 Å². The highest BCUT2D eigenvalue weighted by molar-refractivity contribution is 5.86. The summed E-state index contributed by atoms with van der Waals surface area (Å²) in [5, 5.41) is 8.06. The Hall–Kier alpha value is -3.43. The molecule has 8 nitrogen and oxygen atoms in total. The van der Waals surface area contributed by atoms with Crippen LogP contribution in [-0.4, -0.2) is 48.0 Å². The van der Waals surface area contributed by atoms with Crippen LogP contribution in [0.25, 0.3) is 11.0 Å². The van der Waals surface area contributed by atoms with E-state index >= 15 is 0 Å². The number of nitrogens with zero attached hydrogens (tertiary/aromatic N) is 3. The number of pyridine rings is 1. The van der Waals surface area contributed by atoms with Crippen molar-refractivity contribution in [3.63, 3.8) is 0 Å². The fourth-order valence-electron chi connectivity index (χ4n) is 3.85. The van der Waals surface area contributed by atoms with Crippen molar-refractivity contribution in [2.45, 2.75) is 39.7 Å². The summed E-state index contributed by atoms with van der Waals surface area (Å²) in [6, 6.07) is 4.81. The summed E-state index contributed by atoms with van der Waals surface area (Å²) >= 11 is 0. The van der Waals surface area contributed by atoms with E-state index in [1.807, 2.05) is 20.9 Å². The first-order valence-corrected chi connectivity index (χ1v) is 10.5. The van der Waals surface area contributed by atoms with E-state index in [2.05, 4.69) is 20.1 Å². The SMILES string of the molecule is COc1ccc(CCNC(=O)CCc2c(C)nc3c(c(OC)nn3C)c2C)cc1OC(F)F. The molecule has 0 aliphatic rings. The van der Waals surface area contributed by atoms with Crippen LogP contribution in [0.5, 0.6) is 17.4 Å². The lowest BCUT2D eigenvalue weighted by molar-refractivity contribution is -0.121. The first-order chi connectivity index (χ1) is 15.7. The molecule has 0 fully saturated rings. The molecule has 0 aliphatic heterocycles. The molecular weight excluding hydrogens is 434 g/mol. The van der Waals surface area contributed by atoms with E-state index in [1.54, 1.807) is 23.9 Å². The molecule has 0 unspecified atom stereocenters. The van der Waals surface area contributed by atoms with Crippen molar-refractivity contribution in [1.82, 2.24) is 20.1 Å². The van der Waals surface area contributed by atoms with Gasteiger partial charge < -0.3 is 19.5 Å². The third-order valence-electron chi connectivity index (χ3n) is 5.50. The summed E-state index contributed by atoms with van der Waals surface area (Å²) < 4.78 is 41.8. The Morgan fingerprint density at radius 1 is 1.15 bits per heavy atom. The summed E-state index contributed by atoms with van der Waals surface area (Å²) in [6.07, 6.45) is 1.28. The molecule has 1 amide bonds. The Labute approximate surface area is 190 Å². The molecule has 0 spiro atoms. The fraction of sp³-hybridized carbons (Fsp3) is 0.435. The fourth-order valence-corrected chi connectivity index (χ4v) is 3.85. The normalized spacial score (nSPS) is 11.2. The van der Waals surface area contributed by atoms with E-state index in [9.17, 15) is 13.6 Å². The number of halogens is 2. The number of methoxy groups -OCH3 is 2. The number of amides is 1. The number of hydrogen-bond donors (Lipinski definition) is 1. The summed E-state index contributed by atoms with van der Waals surface area (Å²) in [5.41, 5.74) is 4.33. The first kappa shape index (κ1) is 24.2. The van der Waals surface area contributed by atoms with E-state index in [0.29, 0.717) is 31.7 Å². The number of carbonyl (C=O) groups is 1.